The summed E-state index contributed by atoms with van der Waals surface area (Å²) in [5.41, 5.74) is 7.37. The van der Waals surface area contributed by atoms with Crippen LogP contribution >= 0.6 is 31.9 Å². The number of nitrogens with two attached hydrogens (primary N) is 1. The van der Waals surface area contributed by atoms with Crippen LogP contribution in [0.4, 0.5) is 0 Å². The summed E-state index contributed by atoms with van der Waals surface area (Å²) in [7, 11) is 0. The standard InChI is InChI=1S/C12H16Br2N2O/c13-9-5-8(6-10(14)12(9)17)11(15)7-1-3-16-4-2-7/h5-7,11,16-17H,1-4,15H2/t11-/m1/s1. The summed E-state index contributed by atoms with van der Waals surface area (Å²) in [6.07, 6.45) is 2.22. The van der Waals surface area contributed by atoms with E-state index in [-0.39, 0.29) is 11.8 Å². The van der Waals surface area contributed by atoms with Crippen LogP contribution in [-0.2, 0) is 0 Å². The Bertz CT molecular complexity index is 382. The van der Waals surface area contributed by atoms with Crippen LogP contribution in [0.2, 0.25) is 0 Å². The molecule has 17 heavy (non-hydrogen) atoms. The Morgan fingerprint density at radius 2 is 1.76 bits per heavy atom. The van der Waals surface area contributed by atoms with Gasteiger partial charge in [-0.05, 0) is 81.4 Å². The largest absolute Gasteiger partial charge is 0.506 e. The van der Waals surface area contributed by atoms with Gasteiger partial charge in [0.15, 0.2) is 0 Å². The highest BCUT2D eigenvalue weighted by Gasteiger charge is 2.22. The molecule has 0 bridgehead atoms. The number of hydrogen-bond donors (Lipinski definition) is 3. The molecular weight excluding hydrogens is 348 g/mol. The molecule has 1 aliphatic rings. The Kier molecular flexibility index (Phi) is 4.47. The number of phenols is 1. The minimum atomic E-state index is 0.0327. The molecule has 1 heterocycles. The molecular formula is C12H16Br2N2O. The molecule has 0 saturated carbocycles. The van der Waals surface area contributed by atoms with Gasteiger partial charge in [0.1, 0.15) is 5.75 Å². The topological polar surface area (TPSA) is 58.3 Å². The van der Waals surface area contributed by atoms with E-state index in [1.54, 1.807) is 0 Å². The fourth-order valence-corrected chi connectivity index (χ4v) is 3.47. The van der Waals surface area contributed by atoms with Crippen molar-refractivity contribution in [3.05, 3.63) is 26.6 Å². The Balaban J connectivity index is 2.21. The van der Waals surface area contributed by atoms with Crippen molar-refractivity contribution in [2.75, 3.05) is 13.1 Å². The predicted octanol–water partition coefficient (Wildman–Crippen LogP) is 2.92. The molecule has 4 N–H and O–H groups in total. The van der Waals surface area contributed by atoms with Gasteiger partial charge in [-0.1, -0.05) is 0 Å². The van der Waals surface area contributed by atoms with Crippen LogP contribution in [0.25, 0.3) is 0 Å². The second-order valence-electron chi connectivity index (χ2n) is 4.45. The summed E-state index contributed by atoms with van der Waals surface area (Å²) < 4.78 is 1.37. The lowest BCUT2D eigenvalue weighted by Crippen LogP contribution is -2.33. The van der Waals surface area contributed by atoms with Gasteiger partial charge in [-0.25, -0.2) is 0 Å². The van der Waals surface area contributed by atoms with Gasteiger partial charge < -0.3 is 16.2 Å². The summed E-state index contributed by atoms with van der Waals surface area (Å²) >= 11 is 6.68. The van der Waals surface area contributed by atoms with Gasteiger partial charge in [-0.3, -0.25) is 0 Å². The van der Waals surface area contributed by atoms with Crippen LogP contribution in [0, 0.1) is 5.92 Å². The third-order valence-corrected chi connectivity index (χ3v) is 4.52. The first-order valence-corrected chi connectivity index (χ1v) is 7.32. The molecule has 0 spiro atoms. The summed E-state index contributed by atoms with van der Waals surface area (Å²) in [6, 6.07) is 3.85. The summed E-state index contributed by atoms with van der Waals surface area (Å²) in [5, 5.41) is 13.0. The molecule has 1 saturated heterocycles. The maximum Gasteiger partial charge on any atom is 0.143 e. The number of nitrogens with one attached hydrogen (secondary N) is 1. The van der Waals surface area contributed by atoms with Gasteiger partial charge in [-0.15, -0.1) is 0 Å². The zero-order chi connectivity index (χ0) is 12.4. The van der Waals surface area contributed by atoms with Crippen molar-refractivity contribution in [2.24, 2.45) is 11.7 Å². The molecule has 5 heteroatoms. The Morgan fingerprint density at radius 3 is 2.29 bits per heavy atom. The second kappa shape index (κ2) is 5.69. The number of piperidine rings is 1. The first-order chi connectivity index (χ1) is 8.09. The first-order valence-electron chi connectivity index (χ1n) is 5.74. The predicted molar refractivity (Wildman–Crippen MR) is 76.0 cm³/mol. The number of halogens is 2. The first kappa shape index (κ1) is 13.3. The number of aromatic hydroxyl groups is 1. The third kappa shape index (κ3) is 3.02. The highest BCUT2D eigenvalue weighted by Crippen LogP contribution is 2.37. The zero-order valence-corrected chi connectivity index (χ0v) is 12.6. The van der Waals surface area contributed by atoms with E-state index in [1.807, 2.05) is 12.1 Å². The molecule has 1 aromatic rings. The van der Waals surface area contributed by atoms with Crippen LogP contribution < -0.4 is 11.1 Å². The van der Waals surface area contributed by atoms with Crippen LogP contribution in [-0.4, -0.2) is 18.2 Å². The quantitative estimate of drug-likeness (QED) is 0.757. The highest BCUT2D eigenvalue weighted by molar-refractivity contribution is 9.11. The normalized spacial score (nSPS) is 19.2. The van der Waals surface area contributed by atoms with Crippen LogP contribution in [0.15, 0.2) is 21.1 Å². The maximum absolute atomic E-state index is 9.68. The Morgan fingerprint density at radius 1 is 1.24 bits per heavy atom. The minimum absolute atomic E-state index is 0.0327. The van der Waals surface area contributed by atoms with Gasteiger partial charge in [-0.2, -0.15) is 0 Å². The maximum atomic E-state index is 9.68. The lowest BCUT2D eigenvalue weighted by Gasteiger charge is -2.28. The number of phenolic OH excluding ortho intramolecular Hbond substituents is 1. The molecule has 1 aliphatic heterocycles. The van der Waals surface area contributed by atoms with E-state index in [9.17, 15) is 5.11 Å². The SMILES string of the molecule is N[C@@H](c1cc(Br)c(O)c(Br)c1)C1CCNCC1. The molecule has 0 amide bonds. The smallest absolute Gasteiger partial charge is 0.143 e. The van der Waals surface area contributed by atoms with Gasteiger partial charge >= 0.3 is 0 Å². The average Bonchev–Trinajstić information content (AvgIpc) is 2.35. The Labute approximate surface area is 118 Å². The summed E-state index contributed by atoms with van der Waals surface area (Å²) in [4.78, 5) is 0. The number of rotatable bonds is 2. The van der Waals surface area contributed by atoms with Gasteiger partial charge in [0, 0.05) is 6.04 Å². The second-order valence-corrected chi connectivity index (χ2v) is 6.16. The van der Waals surface area contributed by atoms with E-state index in [0.29, 0.717) is 14.9 Å². The molecule has 1 fully saturated rings. The van der Waals surface area contributed by atoms with E-state index >= 15 is 0 Å². The number of benzene rings is 1. The van der Waals surface area contributed by atoms with E-state index in [0.717, 1.165) is 31.5 Å². The molecule has 0 aliphatic carbocycles. The van der Waals surface area contributed by atoms with Gasteiger partial charge in [0.05, 0.1) is 8.95 Å². The molecule has 2 rings (SSSR count). The monoisotopic (exact) mass is 362 g/mol. The molecule has 94 valence electrons. The molecule has 3 nitrogen and oxygen atoms in total. The Hall–Kier alpha value is -0.100. The summed E-state index contributed by atoms with van der Waals surface area (Å²) in [5.74, 6) is 0.742. The van der Waals surface area contributed by atoms with Crippen molar-refractivity contribution in [3.8, 4) is 5.75 Å². The highest BCUT2D eigenvalue weighted by atomic mass is 79.9. The lowest BCUT2D eigenvalue weighted by molar-refractivity contribution is 0.322. The van der Waals surface area contributed by atoms with E-state index < -0.39 is 0 Å². The van der Waals surface area contributed by atoms with Gasteiger partial charge in [0.2, 0.25) is 0 Å². The van der Waals surface area contributed by atoms with Crippen molar-refractivity contribution in [3.63, 3.8) is 0 Å². The van der Waals surface area contributed by atoms with Gasteiger partial charge in [0.25, 0.3) is 0 Å². The molecule has 1 aromatic carbocycles. The van der Waals surface area contributed by atoms with Crippen molar-refractivity contribution in [2.45, 2.75) is 18.9 Å². The fraction of sp³-hybridized carbons (Fsp3) is 0.500. The van der Waals surface area contributed by atoms with Crippen molar-refractivity contribution in [1.29, 1.82) is 0 Å². The van der Waals surface area contributed by atoms with Crippen molar-refractivity contribution >= 4 is 31.9 Å². The zero-order valence-electron chi connectivity index (χ0n) is 9.42. The molecule has 1 atom stereocenters. The molecule has 0 radical (unpaired) electrons. The van der Waals surface area contributed by atoms with E-state index in [4.69, 9.17) is 5.73 Å². The van der Waals surface area contributed by atoms with E-state index in [1.165, 1.54) is 0 Å². The summed E-state index contributed by atoms with van der Waals surface area (Å²) in [6.45, 7) is 2.08. The number of hydrogen-bond acceptors (Lipinski definition) is 3. The minimum Gasteiger partial charge on any atom is -0.506 e. The molecule has 0 unspecified atom stereocenters. The van der Waals surface area contributed by atoms with E-state index in [2.05, 4.69) is 37.2 Å². The van der Waals surface area contributed by atoms with Crippen molar-refractivity contribution < 1.29 is 5.11 Å². The lowest BCUT2D eigenvalue weighted by atomic mass is 9.86. The van der Waals surface area contributed by atoms with Crippen LogP contribution in [0.5, 0.6) is 5.75 Å². The fourth-order valence-electron chi connectivity index (χ4n) is 2.25. The molecule has 0 aromatic heterocycles. The average molecular weight is 364 g/mol. The van der Waals surface area contributed by atoms with Crippen molar-refractivity contribution in [1.82, 2.24) is 5.32 Å². The van der Waals surface area contributed by atoms with Crippen LogP contribution in [0.1, 0.15) is 24.4 Å². The van der Waals surface area contributed by atoms with Crippen LogP contribution in [0.3, 0.4) is 0 Å². The third-order valence-electron chi connectivity index (χ3n) is 3.32.